The molecule has 0 aliphatic rings. The van der Waals surface area contributed by atoms with Gasteiger partial charge in [0, 0.05) is 23.1 Å². The lowest BCUT2D eigenvalue weighted by Crippen LogP contribution is -1.99. The molecule has 6 nitrogen and oxygen atoms in total. The molecule has 0 aliphatic carbocycles. The van der Waals surface area contributed by atoms with E-state index in [9.17, 15) is 0 Å². The monoisotopic (exact) mass is 374 g/mol. The summed E-state index contributed by atoms with van der Waals surface area (Å²) in [4.78, 5) is 9.76. The Morgan fingerprint density at radius 3 is 2.52 bits per heavy atom. The summed E-state index contributed by atoms with van der Waals surface area (Å²) >= 11 is 1.65. The highest BCUT2D eigenvalue weighted by Crippen LogP contribution is 2.26. The number of benzene rings is 1. The minimum Gasteiger partial charge on any atom is -0.245 e. The summed E-state index contributed by atoms with van der Waals surface area (Å²) in [5.74, 6) is 0.483. The van der Waals surface area contributed by atoms with E-state index in [1.54, 1.807) is 17.6 Å². The fraction of sp³-hybridized carbons (Fsp3) is 0.100. The van der Waals surface area contributed by atoms with Crippen molar-refractivity contribution in [1.82, 2.24) is 19.7 Å². The number of rotatable bonds is 5. The van der Waals surface area contributed by atoms with E-state index in [0.29, 0.717) is 5.95 Å². The molecule has 4 aromatic rings. The van der Waals surface area contributed by atoms with E-state index >= 15 is 0 Å². The standard InChI is InChI=1S/C20H18N6S/c1-14-11-15(2)23-20(22-14)24-21-12-16-13-26(17-7-4-3-5-8-17)25-19(16)18-9-6-10-27-18/h3-13H,1-2H3,(H,22,23,24)/b21-12+. The largest absolute Gasteiger partial charge is 0.245 e. The second-order valence-electron chi connectivity index (χ2n) is 6.03. The summed E-state index contributed by atoms with van der Waals surface area (Å²) in [5, 5.41) is 11.1. The van der Waals surface area contributed by atoms with Crippen molar-refractivity contribution >= 4 is 23.5 Å². The van der Waals surface area contributed by atoms with Crippen LogP contribution in [0.4, 0.5) is 5.95 Å². The number of hydrogen-bond donors (Lipinski definition) is 1. The van der Waals surface area contributed by atoms with Gasteiger partial charge in [-0.3, -0.25) is 0 Å². The van der Waals surface area contributed by atoms with E-state index in [0.717, 1.165) is 33.2 Å². The van der Waals surface area contributed by atoms with E-state index < -0.39 is 0 Å². The zero-order valence-corrected chi connectivity index (χ0v) is 15.8. The van der Waals surface area contributed by atoms with Crippen LogP contribution < -0.4 is 5.43 Å². The van der Waals surface area contributed by atoms with Gasteiger partial charge in [-0.15, -0.1) is 11.3 Å². The van der Waals surface area contributed by atoms with E-state index in [-0.39, 0.29) is 0 Å². The van der Waals surface area contributed by atoms with Gasteiger partial charge in [-0.1, -0.05) is 24.3 Å². The Hall–Kier alpha value is -3.32. The molecule has 7 heteroatoms. The maximum atomic E-state index is 4.75. The normalized spacial score (nSPS) is 11.2. The molecule has 0 saturated heterocycles. The Morgan fingerprint density at radius 1 is 1.04 bits per heavy atom. The second kappa shape index (κ2) is 7.51. The zero-order chi connectivity index (χ0) is 18.6. The van der Waals surface area contributed by atoms with Crippen molar-refractivity contribution in [2.24, 2.45) is 5.10 Å². The van der Waals surface area contributed by atoms with Gasteiger partial charge in [-0.2, -0.15) is 10.2 Å². The van der Waals surface area contributed by atoms with Crippen LogP contribution in [-0.2, 0) is 0 Å². The lowest BCUT2D eigenvalue weighted by Gasteiger charge is -2.01. The van der Waals surface area contributed by atoms with Crippen LogP contribution in [0, 0.1) is 13.8 Å². The number of thiophene rings is 1. The van der Waals surface area contributed by atoms with Crippen LogP contribution in [0.3, 0.4) is 0 Å². The minimum absolute atomic E-state index is 0.483. The summed E-state index contributed by atoms with van der Waals surface area (Å²) in [6.07, 6.45) is 3.72. The van der Waals surface area contributed by atoms with Gasteiger partial charge in [0.25, 0.3) is 0 Å². The molecule has 4 rings (SSSR count). The molecule has 0 atom stereocenters. The molecule has 0 unspecified atom stereocenters. The summed E-state index contributed by atoms with van der Waals surface area (Å²) < 4.78 is 1.86. The number of hydrazone groups is 1. The van der Waals surface area contributed by atoms with Crippen LogP contribution in [0.15, 0.2) is 65.2 Å². The highest BCUT2D eigenvalue weighted by Gasteiger charge is 2.12. The predicted octanol–water partition coefficient (Wildman–Crippen LogP) is 4.45. The van der Waals surface area contributed by atoms with Crippen LogP contribution in [0.25, 0.3) is 16.3 Å². The van der Waals surface area contributed by atoms with Gasteiger partial charge >= 0.3 is 0 Å². The van der Waals surface area contributed by atoms with E-state index in [4.69, 9.17) is 5.10 Å². The van der Waals surface area contributed by atoms with Crippen molar-refractivity contribution in [3.05, 3.63) is 77.1 Å². The molecule has 1 N–H and O–H groups in total. The van der Waals surface area contributed by atoms with Gasteiger partial charge in [0.1, 0.15) is 5.69 Å². The smallest absolute Gasteiger partial charge is 0.243 e. The second-order valence-corrected chi connectivity index (χ2v) is 6.98. The highest BCUT2D eigenvalue weighted by molar-refractivity contribution is 7.13. The zero-order valence-electron chi connectivity index (χ0n) is 15.0. The van der Waals surface area contributed by atoms with Crippen molar-refractivity contribution in [2.75, 3.05) is 5.43 Å². The summed E-state index contributed by atoms with van der Waals surface area (Å²) in [5.41, 5.74) is 7.51. The Morgan fingerprint density at radius 2 is 1.81 bits per heavy atom. The average Bonchev–Trinajstić information content (AvgIpc) is 3.31. The number of aryl methyl sites for hydroxylation is 2. The Bertz CT molecular complexity index is 1050. The first-order valence-electron chi connectivity index (χ1n) is 8.49. The molecular formula is C20H18N6S. The average molecular weight is 374 g/mol. The molecule has 0 fully saturated rings. The first-order valence-corrected chi connectivity index (χ1v) is 9.37. The van der Waals surface area contributed by atoms with E-state index in [2.05, 4.69) is 26.6 Å². The lowest BCUT2D eigenvalue weighted by atomic mass is 10.2. The topological polar surface area (TPSA) is 68.0 Å². The number of anilines is 1. The Labute approximate surface area is 161 Å². The maximum absolute atomic E-state index is 4.75. The van der Waals surface area contributed by atoms with E-state index in [1.807, 2.05) is 72.6 Å². The van der Waals surface area contributed by atoms with Crippen LogP contribution >= 0.6 is 11.3 Å². The molecule has 0 spiro atoms. The van der Waals surface area contributed by atoms with Crippen LogP contribution in [-0.4, -0.2) is 26.0 Å². The molecule has 0 radical (unpaired) electrons. The quantitative estimate of drug-likeness (QED) is 0.414. The first-order chi connectivity index (χ1) is 13.2. The molecular weight excluding hydrogens is 356 g/mol. The molecule has 134 valence electrons. The maximum Gasteiger partial charge on any atom is 0.243 e. The van der Waals surface area contributed by atoms with Gasteiger partial charge in [-0.05, 0) is 43.5 Å². The van der Waals surface area contributed by atoms with E-state index in [1.165, 1.54) is 0 Å². The summed E-state index contributed by atoms with van der Waals surface area (Å²) in [7, 11) is 0. The Balaban J connectivity index is 1.65. The van der Waals surface area contributed by atoms with Crippen molar-refractivity contribution < 1.29 is 0 Å². The van der Waals surface area contributed by atoms with Crippen molar-refractivity contribution in [3.8, 4) is 16.3 Å². The van der Waals surface area contributed by atoms with Gasteiger partial charge in [0.05, 0.1) is 16.8 Å². The van der Waals surface area contributed by atoms with Gasteiger partial charge < -0.3 is 0 Å². The molecule has 27 heavy (non-hydrogen) atoms. The van der Waals surface area contributed by atoms with Gasteiger partial charge in [0.15, 0.2) is 0 Å². The Kier molecular flexibility index (Phi) is 4.76. The van der Waals surface area contributed by atoms with Gasteiger partial charge in [-0.25, -0.2) is 20.1 Å². The predicted molar refractivity (Wildman–Crippen MR) is 110 cm³/mol. The first kappa shape index (κ1) is 17.1. The third-order valence-electron chi connectivity index (χ3n) is 3.87. The fourth-order valence-corrected chi connectivity index (χ4v) is 3.47. The third kappa shape index (κ3) is 3.93. The van der Waals surface area contributed by atoms with Crippen molar-refractivity contribution in [1.29, 1.82) is 0 Å². The highest BCUT2D eigenvalue weighted by atomic mass is 32.1. The molecule has 0 amide bonds. The number of hydrogen-bond acceptors (Lipinski definition) is 6. The van der Waals surface area contributed by atoms with Crippen LogP contribution in [0.5, 0.6) is 0 Å². The number of nitrogens with zero attached hydrogens (tertiary/aromatic N) is 5. The molecule has 3 aromatic heterocycles. The number of nitrogens with one attached hydrogen (secondary N) is 1. The fourth-order valence-electron chi connectivity index (χ4n) is 2.74. The minimum atomic E-state index is 0.483. The molecule has 0 saturated carbocycles. The van der Waals surface area contributed by atoms with Crippen LogP contribution in [0.2, 0.25) is 0 Å². The molecule has 0 bridgehead atoms. The molecule has 0 aliphatic heterocycles. The van der Waals surface area contributed by atoms with Gasteiger partial charge in [0.2, 0.25) is 5.95 Å². The van der Waals surface area contributed by atoms with Crippen molar-refractivity contribution in [2.45, 2.75) is 13.8 Å². The van der Waals surface area contributed by atoms with Crippen molar-refractivity contribution in [3.63, 3.8) is 0 Å². The SMILES string of the molecule is Cc1cc(C)nc(N/N=C/c2cn(-c3ccccc3)nc2-c2cccs2)n1. The molecule has 3 heterocycles. The molecule has 1 aromatic carbocycles. The summed E-state index contributed by atoms with van der Waals surface area (Å²) in [6, 6.07) is 16.0. The third-order valence-corrected chi connectivity index (χ3v) is 4.74. The number of aromatic nitrogens is 4. The number of para-hydroxylation sites is 1. The van der Waals surface area contributed by atoms with Crippen LogP contribution in [0.1, 0.15) is 17.0 Å². The lowest BCUT2D eigenvalue weighted by molar-refractivity contribution is 0.885. The summed E-state index contributed by atoms with van der Waals surface area (Å²) in [6.45, 7) is 3.87.